The third kappa shape index (κ3) is 5.65. The molecule has 0 N–H and O–H groups in total. The summed E-state index contributed by atoms with van der Waals surface area (Å²) in [5.74, 6) is -3.70. The van der Waals surface area contributed by atoms with E-state index in [1.54, 1.807) is 0 Å². The molecular weight excluding hydrogens is 538 g/mol. The number of hydrogen-bond donors (Lipinski definition) is 0. The minimum absolute atomic E-state index is 0.142. The molecule has 4 atom stereocenters. The van der Waals surface area contributed by atoms with Crippen molar-refractivity contribution in [1.29, 1.82) is 0 Å². The lowest BCUT2D eigenvalue weighted by atomic mass is 9.92. The molecule has 0 aromatic heterocycles. The molecule has 0 bridgehead atoms. The highest BCUT2D eigenvalue weighted by Crippen LogP contribution is 2.44. The quantitative estimate of drug-likeness (QED) is 0.251. The van der Waals surface area contributed by atoms with E-state index in [0.29, 0.717) is 14.2 Å². The first-order valence-corrected chi connectivity index (χ1v) is 11.4. The van der Waals surface area contributed by atoms with Gasteiger partial charge in [0.15, 0.2) is 0 Å². The summed E-state index contributed by atoms with van der Waals surface area (Å²) in [4.78, 5) is 25.8. The highest BCUT2D eigenvalue weighted by molar-refractivity contribution is 5.83. The summed E-state index contributed by atoms with van der Waals surface area (Å²) in [6.45, 7) is -1.05. The number of ether oxygens (including phenoxy) is 5. The molecule has 0 aliphatic carbocycles. The molecule has 212 valence electrons. The van der Waals surface area contributed by atoms with Crippen molar-refractivity contribution in [2.75, 3.05) is 27.4 Å². The van der Waals surface area contributed by atoms with Crippen molar-refractivity contribution < 1.29 is 59.6 Å². The second-order valence-corrected chi connectivity index (χ2v) is 8.27. The molecular formula is C26H24F6O7. The van der Waals surface area contributed by atoms with E-state index in [1.807, 2.05) is 0 Å². The number of benzene rings is 2. The Bertz CT molecular complexity index is 1150. The number of esters is 2. The molecule has 0 amide bonds. The van der Waals surface area contributed by atoms with Crippen molar-refractivity contribution in [3.8, 4) is 0 Å². The SMILES string of the molecule is CO[C@](C(=O)OC[C@@H]1OCC=C[C@H]1OC(=O)[C@@](OC)(c1ccccc1)C(F)(F)F)(c1ccccc1)C(F)(F)F. The van der Waals surface area contributed by atoms with E-state index in [1.165, 1.54) is 48.6 Å². The summed E-state index contributed by atoms with van der Waals surface area (Å²) in [6, 6.07) is 12.0. The van der Waals surface area contributed by atoms with E-state index in [0.717, 1.165) is 24.3 Å². The molecule has 0 saturated carbocycles. The lowest BCUT2D eigenvalue weighted by molar-refractivity contribution is -0.280. The number of carbonyl (C=O) groups is 2. The van der Waals surface area contributed by atoms with Gasteiger partial charge < -0.3 is 23.7 Å². The minimum Gasteiger partial charge on any atom is -0.460 e. The van der Waals surface area contributed by atoms with Crippen molar-refractivity contribution in [2.24, 2.45) is 0 Å². The first-order valence-electron chi connectivity index (χ1n) is 11.4. The highest BCUT2D eigenvalue weighted by atomic mass is 19.4. The maximum absolute atomic E-state index is 14.2. The van der Waals surface area contributed by atoms with E-state index >= 15 is 0 Å². The normalized spacial score (nSPS) is 20.9. The average molecular weight is 562 g/mol. The van der Waals surface area contributed by atoms with E-state index in [-0.39, 0.29) is 6.61 Å². The van der Waals surface area contributed by atoms with Crippen LogP contribution >= 0.6 is 0 Å². The molecule has 1 aliphatic rings. The zero-order chi connectivity index (χ0) is 28.9. The van der Waals surface area contributed by atoms with Crippen molar-refractivity contribution in [3.05, 3.63) is 83.9 Å². The van der Waals surface area contributed by atoms with E-state index < -0.39 is 65.4 Å². The Morgan fingerprint density at radius 2 is 1.26 bits per heavy atom. The molecule has 1 heterocycles. The molecule has 2 aromatic carbocycles. The largest absolute Gasteiger partial charge is 0.460 e. The summed E-state index contributed by atoms with van der Waals surface area (Å²) in [5.41, 5.74) is -8.14. The zero-order valence-electron chi connectivity index (χ0n) is 20.6. The smallest absolute Gasteiger partial charge is 0.432 e. The molecule has 2 aromatic rings. The highest BCUT2D eigenvalue weighted by Gasteiger charge is 2.65. The van der Waals surface area contributed by atoms with Crippen molar-refractivity contribution in [3.63, 3.8) is 0 Å². The van der Waals surface area contributed by atoms with Gasteiger partial charge in [-0.2, -0.15) is 26.3 Å². The van der Waals surface area contributed by atoms with Crippen molar-refractivity contribution in [2.45, 2.75) is 35.8 Å². The van der Waals surface area contributed by atoms with Crippen LogP contribution < -0.4 is 0 Å². The molecule has 0 radical (unpaired) electrons. The third-order valence-corrected chi connectivity index (χ3v) is 6.07. The van der Waals surface area contributed by atoms with Crippen LogP contribution in [0.15, 0.2) is 72.8 Å². The van der Waals surface area contributed by atoms with Gasteiger partial charge in [0.05, 0.1) is 6.61 Å². The van der Waals surface area contributed by atoms with Crippen LogP contribution in [0.2, 0.25) is 0 Å². The molecule has 13 heteroatoms. The van der Waals surface area contributed by atoms with E-state index in [4.69, 9.17) is 14.2 Å². The Morgan fingerprint density at radius 3 is 1.69 bits per heavy atom. The summed E-state index contributed by atoms with van der Waals surface area (Å²) in [5, 5.41) is 0. The van der Waals surface area contributed by atoms with Gasteiger partial charge in [-0.1, -0.05) is 66.7 Å². The van der Waals surface area contributed by atoms with Gasteiger partial charge >= 0.3 is 24.3 Å². The second-order valence-electron chi connectivity index (χ2n) is 8.27. The lowest BCUT2D eigenvalue weighted by Crippen LogP contribution is -2.54. The van der Waals surface area contributed by atoms with Gasteiger partial charge in [-0.05, 0) is 6.08 Å². The van der Waals surface area contributed by atoms with Crippen LogP contribution in [0.4, 0.5) is 26.3 Å². The van der Waals surface area contributed by atoms with Crippen LogP contribution in [-0.2, 0) is 44.5 Å². The van der Waals surface area contributed by atoms with Crippen molar-refractivity contribution >= 4 is 11.9 Å². The minimum atomic E-state index is -5.26. The molecule has 0 saturated heterocycles. The van der Waals surface area contributed by atoms with E-state index in [9.17, 15) is 35.9 Å². The Labute approximate surface area is 219 Å². The number of alkyl halides is 6. The predicted molar refractivity (Wildman–Crippen MR) is 122 cm³/mol. The van der Waals surface area contributed by atoms with Crippen LogP contribution in [0, 0.1) is 0 Å². The predicted octanol–water partition coefficient (Wildman–Crippen LogP) is 4.60. The fraction of sp³-hybridized carbons (Fsp3) is 0.385. The molecule has 0 spiro atoms. The summed E-state index contributed by atoms with van der Waals surface area (Å²) >= 11 is 0. The molecule has 39 heavy (non-hydrogen) atoms. The van der Waals surface area contributed by atoms with Gasteiger partial charge in [0, 0.05) is 25.3 Å². The number of halogens is 6. The van der Waals surface area contributed by atoms with Gasteiger partial charge in [-0.3, -0.25) is 0 Å². The summed E-state index contributed by atoms with van der Waals surface area (Å²) in [6.07, 6.45) is -11.0. The second kappa shape index (κ2) is 11.8. The Hall–Kier alpha value is -3.42. The molecule has 0 unspecified atom stereocenters. The Morgan fingerprint density at radius 1 is 0.795 bits per heavy atom. The maximum Gasteiger partial charge on any atom is 0.432 e. The topological polar surface area (TPSA) is 80.3 Å². The van der Waals surface area contributed by atoms with Crippen molar-refractivity contribution in [1.82, 2.24) is 0 Å². The molecule has 3 rings (SSSR count). The fourth-order valence-electron chi connectivity index (χ4n) is 4.09. The first-order chi connectivity index (χ1) is 18.3. The number of rotatable bonds is 9. The summed E-state index contributed by atoms with van der Waals surface area (Å²) < 4.78 is 110. The van der Waals surface area contributed by atoms with Crippen LogP contribution in [-0.4, -0.2) is 63.9 Å². The zero-order valence-corrected chi connectivity index (χ0v) is 20.6. The molecule has 7 nitrogen and oxygen atoms in total. The van der Waals surface area contributed by atoms with Crippen LogP contribution in [0.25, 0.3) is 0 Å². The maximum atomic E-state index is 14.2. The number of methoxy groups -OCH3 is 2. The van der Waals surface area contributed by atoms with Crippen LogP contribution in [0.1, 0.15) is 11.1 Å². The van der Waals surface area contributed by atoms with Crippen LogP contribution in [0.5, 0.6) is 0 Å². The monoisotopic (exact) mass is 562 g/mol. The van der Waals surface area contributed by atoms with Gasteiger partial charge in [0.1, 0.15) is 18.8 Å². The lowest BCUT2D eigenvalue weighted by Gasteiger charge is -2.36. The standard InChI is InChI=1S/C26H24F6O7/c1-35-23(25(27,28)29,17-10-5-3-6-11-17)21(33)38-16-20-19(14-9-15-37-20)39-22(34)24(36-2,26(30,31)32)18-12-7-4-8-13-18/h3-14,19-20H,15-16H2,1-2H3/t19-,20+,23+,24+/m1/s1. The van der Waals surface area contributed by atoms with Gasteiger partial charge in [-0.25, -0.2) is 9.59 Å². The average Bonchev–Trinajstić information content (AvgIpc) is 2.89. The van der Waals surface area contributed by atoms with Crippen LogP contribution in [0.3, 0.4) is 0 Å². The fourth-order valence-corrected chi connectivity index (χ4v) is 4.09. The van der Waals surface area contributed by atoms with E-state index in [2.05, 4.69) is 9.47 Å². The molecule has 1 aliphatic heterocycles. The van der Waals surface area contributed by atoms with Gasteiger partial charge in [0.2, 0.25) is 0 Å². The Kier molecular flexibility index (Phi) is 9.08. The Balaban J connectivity index is 1.85. The van der Waals surface area contributed by atoms with Gasteiger partial charge in [-0.15, -0.1) is 0 Å². The summed E-state index contributed by atoms with van der Waals surface area (Å²) in [7, 11) is 1.36. The molecule has 0 fully saturated rings. The number of carbonyl (C=O) groups excluding carboxylic acids is 2. The number of hydrogen-bond acceptors (Lipinski definition) is 7. The first kappa shape index (κ1) is 30.1. The van der Waals surface area contributed by atoms with Gasteiger partial charge in [0.25, 0.3) is 11.2 Å². The third-order valence-electron chi connectivity index (χ3n) is 6.07.